The third-order valence-electron chi connectivity index (χ3n) is 14.2. The second kappa shape index (κ2) is 25.3. The van der Waals surface area contributed by atoms with Gasteiger partial charge >= 0.3 is 0 Å². The predicted octanol–water partition coefficient (Wildman–Crippen LogP) is 7.44. The van der Waals surface area contributed by atoms with Crippen molar-refractivity contribution in [3.8, 4) is 0 Å². The minimum absolute atomic E-state index is 0.0288. The molecule has 0 aromatic rings. The van der Waals surface area contributed by atoms with Crippen molar-refractivity contribution in [2.75, 3.05) is 65.4 Å². The third-order valence-corrected chi connectivity index (χ3v) is 14.2. The van der Waals surface area contributed by atoms with Crippen LogP contribution >= 0.6 is 0 Å². The van der Waals surface area contributed by atoms with Gasteiger partial charge in [0.1, 0.15) is 6.17 Å². The van der Waals surface area contributed by atoms with E-state index in [9.17, 15) is 4.39 Å². The average molecular weight is 779 g/mol. The first kappa shape index (κ1) is 49.0. The molecular formula is C46H95FN8. The molecule has 9 heteroatoms. The largest absolute Gasteiger partial charge is 0.327 e. The van der Waals surface area contributed by atoms with Crippen LogP contribution in [0.1, 0.15) is 153 Å². The van der Waals surface area contributed by atoms with E-state index in [1.807, 2.05) is 0 Å². The van der Waals surface area contributed by atoms with Crippen LogP contribution in [0.4, 0.5) is 4.39 Å². The van der Waals surface area contributed by atoms with Crippen molar-refractivity contribution in [2.45, 2.75) is 207 Å². The highest BCUT2D eigenvalue weighted by Gasteiger charge is 2.34. The van der Waals surface area contributed by atoms with Crippen molar-refractivity contribution >= 4 is 0 Å². The number of piperidine rings is 5. The van der Waals surface area contributed by atoms with Gasteiger partial charge in [0.25, 0.3) is 0 Å². The fourth-order valence-electron chi connectivity index (χ4n) is 10.4. The minimum Gasteiger partial charge on any atom is -0.327 e. The highest BCUT2D eigenvalue weighted by Crippen LogP contribution is 2.39. The van der Waals surface area contributed by atoms with Crippen LogP contribution in [0.2, 0.25) is 0 Å². The molecule has 0 amide bonds. The molecule has 8 nitrogen and oxygen atoms in total. The van der Waals surface area contributed by atoms with Gasteiger partial charge in [-0.05, 0) is 177 Å². The molecule has 55 heavy (non-hydrogen) atoms. The van der Waals surface area contributed by atoms with Crippen LogP contribution in [0.3, 0.4) is 0 Å². The normalized spacial score (nSPS) is 33.9. The van der Waals surface area contributed by atoms with Crippen LogP contribution < -0.4 is 17.2 Å². The van der Waals surface area contributed by atoms with E-state index < -0.39 is 6.17 Å². The van der Waals surface area contributed by atoms with Crippen LogP contribution in [0.25, 0.3) is 0 Å². The van der Waals surface area contributed by atoms with Crippen molar-refractivity contribution in [3.63, 3.8) is 0 Å². The average Bonchev–Trinajstić information content (AvgIpc) is 3.81. The summed E-state index contributed by atoms with van der Waals surface area (Å²) in [6, 6.07) is 4.18. The van der Waals surface area contributed by atoms with Crippen LogP contribution in [-0.4, -0.2) is 144 Å². The van der Waals surface area contributed by atoms with E-state index in [4.69, 9.17) is 17.2 Å². The smallest absolute Gasteiger partial charge is 0.114 e. The van der Waals surface area contributed by atoms with E-state index in [1.54, 1.807) is 0 Å². The molecule has 326 valence electrons. The molecule has 0 aromatic carbocycles. The lowest BCUT2D eigenvalue weighted by atomic mass is 9.88. The quantitative estimate of drug-likeness (QED) is 0.266. The third kappa shape index (κ3) is 17.8. The summed E-state index contributed by atoms with van der Waals surface area (Å²) in [5, 5.41) is 0. The second-order valence-electron chi connectivity index (χ2n) is 20.3. The van der Waals surface area contributed by atoms with E-state index in [2.05, 4.69) is 93.7 Å². The summed E-state index contributed by atoms with van der Waals surface area (Å²) in [4.78, 5) is 12.3. The Labute approximate surface area is 341 Å². The molecule has 0 bridgehead atoms. The lowest BCUT2D eigenvalue weighted by Gasteiger charge is -2.37. The van der Waals surface area contributed by atoms with Crippen molar-refractivity contribution in [1.82, 2.24) is 24.5 Å². The Kier molecular flexibility index (Phi) is 22.5. The molecule has 5 heterocycles. The van der Waals surface area contributed by atoms with Gasteiger partial charge in [-0.2, -0.15) is 0 Å². The summed E-state index contributed by atoms with van der Waals surface area (Å²) in [7, 11) is 0. The highest BCUT2D eigenvalue weighted by molar-refractivity contribution is 4.87. The van der Waals surface area contributed by atoms with Crippen molar-refractivity contribution in [3.05, 3.63) is 0 Å². The molecule has 6 N–H and O–H groups in total. The van der Waals surface area contributed by atoms with E-state index in [1.165, 1.54) is 116 Å². The molecule has 7 fully saturated rings. The zero-order valence-corrected chi connectivity index (χ0v) is 38.1. The number of nitrogens with two attached hydrogens (primary N) is 3. The maximum Gasteiger partial charge on any atom is 0.114 e. The Morgan fingerprint density at radius 3 is 1.04 bits per heavy atom. The number of alkyl halides is 1. The van der Waals surface area contributed by atoms with E-state index >= 15 is 0 Å². The van der Waals surface area contributed by atoms with Gasteiger partial charge in [-0.3, -0.25) is 14.7 Å². The molecule has 0 spiro atoms. The molecule has 8 atom stereocenters. The van der Waals surface area contributed by atoms with Gasteiger partial charge in [0.2, 0.25) is 0 Å². The summed E-state index contributed by atoms with van der Waals surface area (Å²) in [6.45, 7) is 34.0. The van der Waals surface area contributed by atoms with Gasteiger partial charge in [-0.1, -0.05) is 25.7 Å². The summed E-state index contributed by atoms with van der Waals surface area (Å²) in [5.41, 5.74) is 17.3. The number of fused-ring (bicyclic) bond motifs is 2. The topological polar surface area (TPSA) is 94.3 Å². The molecule has 7 rings (SSSR count). The Morgan fingerprint density at radius 2 is 0.709 bits per heavy atom. The Balaban J connectivity index is 0.000000185. The number of likely N-dealkylation sites (tertiary alicyclic amines) is 5. The molecule has 2 aliphatic carbocycles. The Hall–Kier alpha value is -0.390. The van der Waals surface area contributed by atoms with Crippen LogP contribution in [0, 0.1) is 23.7 Å². The van der Waals surface area contributed by atoms with Gasteiger partial charge in [-0.15, -0.1) is 0 Å². The van der Waals surface area contributed by atoms with Crippen LogP contribution in [0.5, 0.6) is 0 Å². The molecule has 7 aliphatic rings. The fourth-order valence-corrected chi connectivity index (χ4v) is 10.4. The number of hydrogen-bond donors (Lipinski definition) is 3. The van der Waals surface area contributed by atoms with E-state index in [0.29, 0.717) is 43.2 Å². The first-order chi connectivity index (χ1) is 26.0. The van der Waals surface area contributed by atoms with Crippen LogP contribution in [-0.2, 0) is 0 Å². The van der Waals surface area contributed by atoms with Gasteiger partial charge in [0.15, 0.2) is 0 Å². The monoisotopic (exact) mass is 779 g/mol. The van der Waals surface area contributed by atoms with Crippen molar-refractivity contribution in [1.29, 1.82) is 0 Å². The molecule has 0 aromatic heterocycles. The van der Waals surface area contributed by atoms with Gasteiger partial charge in [0, 0.05) is 87.6 Å². The summed E-state index contributed by atoms with van der Waals surface area (Å²) in [6.07, 6.45) is 16.8. The number of rotatable bonds is 5. The summed E-state index contributed by atoms with van der Waals surface area (Å²) >= 11 is 0. The van der Waals surface area contributed by atoms with E-state index in [0.717, 1.165) is 55.4 Å². The van der Waals surface area contributed by atoms with Gasteiger partial charge in [0.05, 0.1) is 0 Å². The molecule has 0 unspecified atom stereocenters. The molecule has 0 radical (unpaired) electrons. The molecule has 5 aliphatic heterocycles. The SMILES string of the molecule is CC(C)N1CCC[C@@H](N)C1.CC(C)N1CCC[C@H](N)C1.CC(C)N1CC[C@@H]2CCC[C@@H]2C1.CC(C)N1CC[C@H]2CCC[C@H]2C1.CC(C)N1C[C@@H](N)C[C@H](F)C1. The standard InChI is InChI=1S/2C11H21N.C8H17FN2.2C8H18N2/c2*1-9(2)12-7-6-10-4-3-5-11(10)8-12;1-6(2)11-4-7(9)3-8(10)5-11;2*1-7(2)10-5-3-4-8(9)6-10/h2*9-11H,3-8H2,1-2H3;6-8H,3-5,10H2,1-2H3;2*7-8H,3-6,9H2,1-2H3/t2*10-,11+;7-,8-;2*8-/m10010/s1. The lowest BCUT2D eigenvalue weighted by Crippen LogP contribution is -2.50. The van der Waals surface area contributed by atoms with Crippen molar-refractivity contribution in [2.24, 2.45) is 40.9 Å². The zero-order valence-electron chi connectivity index (χ0n) is 38.1. The molecular weight excluding hydrogens is 684 g/mol. The summed E-state index contributed by atoms with van der Waals surface area (Å²) < 4.78 is 12.9. The van der Waals surface area contributed by atoms with E-state index in [-0.39, 0.29) is 6.04 Å². The minimum atomic E-state index is -0.721. The van der Waals surface area contributed by atoms with Gasteiger partial charge in [-0.25, -0.2) is 4.39 Å². The first-order valence-corrected chi connectivity index (χ1v) is 23.6. The molecule has 5 saturated heterocycles. The maximum absolute atomic E-state index is 12.9. The number of halogens is 1. The summed E-state index contributed by atoms with van der Waals surface area (Å²) in [5.74, 6) is 4.31. The zero-order chi connectivity index (χ0) is 40.7. The highest BCUT2D eigenvalue weighted by atomic mass is 19.1. The second-order valence-corrected chi connectivity index (χ2v) is 20.3. The first-order valence-electron chi connectivity index (χ1n) is 23.6. The predicted molar refractivity (Wildman–Crippen MR) is 236 cm³/mol. The molecule has 2 saturated carbocycles. The fraction of sp³-hybridized carbons (Fsp3) is 1.00. The van der Waals surface area contributed by atoms with Crippen LogP contribution in [0.15, 0.2) is 0 Å². The Morgan fingerprint density at radius 1 is 0.364 bits per heavy atom. The van der Waals surface area contributed by atoms with Crippen molar-refractivity contribution < 1.29 is 4.39 Å². The number of nitrogens with zero attached hydrogens (tertiary/aromatic N) is 5. The van der Waals surface area contributed by atoms with Gasteiger partial charge < -0.3 is 27.0 Å². The number of hydrogen-bond acceptors (Lipinski definition) is 8. The Bertz CT molecular complexity index is 923. The lowest BCUT2D eigenvalue weighted by molar-refractivity contribution is 0.0987. The maximum atomic E-state index is 12.9.